The smallest absolute Gasteiger partial charge is 0.397 e. The van der Waals surface area contributed by atoms with Gasteiger partial charge in [-0.1, -0.05) is 23.1 Å². The predicted molar refractivity (Wildman–Crippen MR) is 46.3 cm³/mol. The van der Waals surface area contributed by atoms with Crippen molar-refractivity contribution in [1.82, 2.24) is 0 Å². The molecule has 0 unspecified atom stereocenters. The molecule has 2 N–H and O–H groups in total. The highest BCUT2D eigenvalue weighted by Crippen LogP contribution is 2.35. The van der Waals surface area contributed by atoms with Crippen molar-refractivity contribution in [3.63, 3.8) is 0 Å². The van der Waals surface area contributed by atoms with Gasteiger partial charge in [-0.15, -0.1) is 0 Å². The molecule has 0 amide bonds. The molecule has 0 aliphatic heterocycles. The maximum absolute atomic E-state index is 12.2. The van der Waals surface area contributed by atoms with Crippen LogP contribution in [0.3, 0.4) is 0 Å². The summed E-state index contributed by atoms with van der Waals surface area (Å²) < 4.78 is 36.6. The second kappa shape index (κ2) is 3.14. The minimum atomic E-state index is -4.52. The van der Waals surface area contributed by atoms with Crippen LogP contribution in [0.2, 0.25) is 5.02 Å². The summed E-state index contributed by atoms with van der Waals surface area (Å²) in [7, 11) is 5.18. The Kier molecular flexibility index (Phi) is 2.48. The van der Waals surface area contributed by atoms with E-state index < -0.39 is 17.4 Å². The Hall–Kier alpha value is -0.835. The molecule has 6 heteroatoms. The van der Waals surface area contributed by atoms with E-state index in [2.05, 4.69) is 0 Å². The van der Waals surface area contributed by atoms with E-state index in [1.54, 1.807) is 0 Å². The third-order valence-electron chi connectivity index (χ3n) is 1.46. The maximum Gasteiger partial charge on any atom is 0.418 e. The minimum absolute atomic E-state index is 0.0634. The Morgan fingerprint density at radius 2 is 1.85 bits per heavy atom. The first-order chi connectivity index (χ1) is 5.82. The van der Waals surface area contributed by atoms with Crippen molar-refractivity contribution in [2.24, 2.45) is 0 Å². The predicted octanol–water partition coefficient (Wildman–Crippen LogP) is 1.73. The molecule has 0 fully saturated rings. The largest absolute Gasteiger partial charge is 0.418 e. The summed E-state index contributed by atoms with van der Waals surface area (Å²) in [6.45, 7) is 0. The van der Waals surface area contributed by atoms with Gasteiger partial charge in [0.2, 0.25) is 0 Å². The van der Waals surface area contributed by atoms with Crippen molar-refractivity contribution in [3.8, 4) is 0 Å². The van der Waals surface area contributed by atoms with Gasteiger partial charge in [-0.25, -0.2) is 0 Å². The van der Waals surface area contributed by atoms with E-state index in [4.69, 9.17) is 25.2 Å². The molecule has 1 aromatic rings. The maximum atomic E-state index is 12.2. The molecule has 0 aliphatic carbocycles. The molecule has 0 saturated heterocycles. The number of anilines is 1. The molecule has 0 spiro atoms. The lowest BCUT2D eigenvalue weighted by Gasteiger charge is -2.11. The average Bonchev–Trinajstić information content (AvgIpc) is 1.94. The second-order valence-electron chi connectivity index (χ2n) is 2.46. The normalized spacial score (nSPS) is 11.7. The van der Waals surface area contributed by atoms with Crippen LogP contribution in [0.5, 0.6) is 0 Å². The summed E-state index contributed by atoms with van der Waals surface area (Å²) in [5.74, 6) is 0. The fourth-order valence-corrected chi connectivity index (χ4v) is 1.10. The quantitative estimate of drug-likeness (QED) is 0.507. The van der Waals surface area contributed by atoms with Gasteiger partial charge in [0.1, 0.15) is 7.85 Å². The number of rotatable bonds is 0. The van der Waals surface area contributed by atoms with Gasteiger partial charge in [-0.2, -0.15) is 13.2 Å². The summed E-state index contributed by atoms with van der Waals surface area (Å²) in [5, 5.41) is -0.188. The highest BCUT2D eigenvalue weighted by atomic mass is 35.5. The third kappa shape index (κ3) is 2.09. The zero-order valence-electron chi connectivity index (χ0n) is 6.32. The van der Waals surface area contributed by atoms with Gasteiger partial charge < -0.3 is 5.73 Å². The molecule has 0 heterocycles. The summed E-state index contributed by atoms with van der Waals surface area (Å²) in [6, 6.07) is 1.92. The number of benzene rings is 1. The standard InChI is InChI=1S/C7H4BClF3N/c8-3-1-4(7(10,11)12)6(13)5(9)2-3/h1-2H,13H2. The monoisotopic (exact) mass is 205 g/mol. The molecule has 1 nitrogen and oxygen atoms in total. The SMILES string of the molecule is [B]c1cc(Cl)c(N)c(C(F)(F)F)c1. The second-order valence-corrected chi connectivity index (χ2v) is 2.87. The van der Waals surface area contributed by atoms with Crippen molar-refractivity contribution in [2.45, 2.75) is 6.18 Å². The van der Waals surface area contributed by atoms with Gasteiger partial charge in [-0.3, -0.25) is 0 Å². The first-order valence-electron chi connectivity index (χ1n) is 3.24. The molecule has 0 saturated carbocycles. The van der Waals surface area contributed by atoms with Crippen LogP contribution in [0.4, 0.5) is 18.9 Å². The number of alkyl halides is 3. The Morgan fingerprint density at radius 3 is 2.31 bits per heavy atom. The van der Waals surface area contributed by atoms with Crippen molar-refractivity contribution in [3.05, 3.63) is 22.7 Å². The van der Waals surface area contributed by atoms with E-state index in [-0.39, 0.29) is 10.5 Å². The van der Waals surface area contributed by atoms with E-state index >= 15 is 0 Å². The Balaban J connectivity index is 3.37. The van der Waals surface area contributed by atoms with Gasteiger partial charge >= 0.3 is 6.18 Å². The van der Waals surface area contributed by atoms with Gasteiger partial charge in [-0.05, 0) is 6.07 Å². The van der Waals surface area contributed by atoms with Crippen LogP contribution in [0.1, 0.15) is 5.56 Å². The molecule has 1 rings (SSSR count). The molecule has 0 bridgehead atoms. The molecular weight excluding hydrogens is 201 g/mol. The van der Waals surface area contributed by atoms with E-state index in [1.165, 1.54) is 6.07 Å². The van der Waals surface area contributed by atoms with E-state index in [1.807, 2.05) is 0 Å². The highest BCUT2D eigenvalue weighted by molar-refractivity contribution is 6.37. The van der Waals surface area contributed by atoms with Crippen LogP contribution in [0, 0.1) is 0 Å². The van der Waals surface area contributed by atoms with E-state index in [9.17, 15) is 13.2 Å². The Bertz CT molecular complexity index is 337. The number of nitrogen functional groups attached to an aromatic ring is 1. The number of halogens is 4. The van der Waals surface area contributed by atoms with Crippen LogP contribution in [-0.4, -0.2) is 7.85 Å². The van der Waals surface area contributed by atoms with Gasteiger partial charge in [0, 0.05) is 0 Å². The van der Waals surface area contributed by atoms with Crippen LogP contribution in [-0.2, 0) is 6.18 Å². The minimum Gasteiger partial charge on any atom is -0.397 e. The Labute approximate surface area is 79.1 Å². The van der Waals surface area contributed by atoms with Crippen LogP contribution in [0.15, 0.2) is 12.1 Å². The first-order valence-corrected chi connectivity index (χ1v) is 3.62. The van der Waals surface area contributed by atoms with E-state index in [0.29, 0.717) is 0 Å². The lowest BCUT2D eigenvalue weighted by atomic mass is 9.93. The molecule has 0 atom stereocenters. The van der Waals surface area contributed by atoms with Crippen molar-refractivity contribution < 1.29 is 13.2 Å². The summed E-state index contributed by atoms with van der Waals surface area (Å²) in [5.41, 5.74) is 3.57. The van der Waals surface area contributed by atoms with Crippen molar-refractivity contribution >= 4 is 30.6 Å². The van der Waals surface area contributed by atoms with Crippen LogP contribution < -0.4 is 11.2 Å². The van der Waals surface area contributed by atoms with E-state index in [0.717, 1.165) is 6.07 Å². The molecule has 2 radical (unpaired) electrons. The Morgan fingerprint density at radius 1 is 1.31 bits per heavy atom. The van der Waals surface area contributed by atoms with Crippen LogP contribution >= 0.6 is 11.6 Å². The summed E-state index contributed by atoms with van der Waals surface area (Å²) in [4.78, 5) is 0. The molecule has 0 aromatic heterocycles. The summed E-state index contributed by atoms with van der Waals surface area (Å²) in [6.07, 6.45) is -4.52. The van der Waals surface area contributed by atoms with Crippen molar-refractivity contribution in [2.75, 3.05) is 5.73 Å². The van der Waals surface area contributed by atoms with Crippen LogP contribution in [0.25, 0.3) is 0 Å². The fraction of sp³-hybridized carbons (Fsp3) is 0.143. The average molecular weight is 205 g/mol. The number of hydrogen-bond donors (Lipinski definition) is 1. The van der Waals surface area contributed by atoms with Gasteiger partial charge in [0.25, 0.3) is 0 Å². The lowest BCUT2D eigenvalue weighted by molar-refractivity contribution is -0.136. The number of nitrogens with two attached hydrogens (primary N) is 1. The number of hydrogen-bond acceptors (Lipinski definition) is 1. The first kappa shape index (κ1) is 10.2. The summed E-state index contributed by atoms with van der Waals surface area (Å²) >= 11 is 5.42. The molecule has 68 valence electrons. The van der Waals surface area contributed by atoms with Gasteiger partial charge in [0.05, 0.1) is 16.3 Å². The van der Waals surface area contributed by atoms with Crippen molar-refractivity contribution in [1.29, 1.82) is 0 Å². The fourth-order valence-electron chi connectivity index (χ4n) is 0.873. The molecule has 13 heavy (non-hydrogen) atoms. The highest BCUT2D eigenvalue weighted by Gasteiger charge is 2.33. The lowest BCUT2D eigenvalue weighted by Crippen LogP contribution is -2.14. The molecular formula is C7H4BClF3N. The topological polar surface area (TPSA) is 26.0 Å². The molecule has 1 aromatic carbocycles. The third-order valence-corrected chi connectivity index (χ3v) is 1.77. The molecule has 0 aliphatic rings. The zero-order valence-corrected chi connectivity index (χ0v) is 7.08. The zero-order chi connectivity index (χ0) is 10.2. The van der Waals surface area contributed by atoms with Gasteiger partial charge in [0.15, 0.2) is 0 Å².